The molecule has 0 radical (unpaired) electrons. The van der Waals surface area contributed by atoms with Crippen molar-refractivity contribution in [1.82, 2.24) is 9.88 Å². The maximum atomic E-state index is 13.3. The van der Waals surface area contributed by atoms with Gasteiger partial charge < -0.3 is 9.64 Å². The van der Waals surface area contributed by atoms with E-state index in [4.69, 9.17) is 4.74 Å². The van der Waals surface area contributed by atoms with Crippen LogP contribution in [0.25, 0.3) is 0 Å². The lowest BCUT2D eigenvalue weighted by atomic mass is 9.91. The maximum absolute atomic E-state index is 13.3. The fourth-order valence-corrected chi connectivity index (χ4v) is 4.56. The van der Waals surface area contributed by atoms with Crippen molar-refractivity contribution in [3.8, 4) is 0 Å². The molecule has 1 aliphatic rings. The molecule has 1 saturated carbocycles. The van der Waals surface area contributed by atoms with E-state index in [1.54, 1.807) is 12.3 Å². The van der Waals surface area contributed by atoms with E-state index < -0.39 is 0 Å². The van der Waals surface area contributed by atoms with Crippen LogP contribution in [0.1, 0.15) is 94.1 Å². The zero-order valence-electron chi connectivity index (χ0n) is 17.0. The number of nitrogens with zero attached hydrogens (tertiary/aromatic N) is 2. The summed E-state index contributed by atoms with van der Waals surface area (Å²) >= 11 is 1.44. The standard InChI is InChI=1S/C21H34N2O3S/c1-4-7-11-16(5-2)20(24)23(17-12-9-8-10-13-17)14-19-22-18(15-27-19)21(25)26-6-3/h15-17H,4-14H2,1-3H3. The van der Waals surface area contributed by atoms with Crippen LogP contribution in [0.15, 0.2) is 5.38 Å². The average Bonchev–Trinajstić information content (AvgIpc) is 3.16. The second-order valence-corrected chi connectivity index (χ2v) is 8.29. The zero-order valence-corrected chi connectivity index (χ0v) is 17.9. The largest absolute Gasteiger partial charge is 0.461 e. The molecule has 0 aliphatic heterocycles. The molecule has 27 heavy (non-hydrogen) atoms. The monoisotopic (exact) mass is 394 g/mol. The minimum absolute atomic E-state index is 0.0939. The fraction of sp³-hybridized carbons (Fsp3) is 0.762. The number of hydrogen-bond donors (Lipinski definition) is 0. The number of amides is 1. The average molecular weight is 395 g/mol. The first-order chi connectivity index (χ1) is 13.1. The predicted octanol–water partition coefficient (Wildman–Crippen LogP) is 5.20. The van der Waals surface area contributed by atoms with Crippen molar-refractivity contribution in [3.05, 3.63) is 16.1 Å². The Balaban J connectivity index is 2.14. The van der Waals surface area contributed by atoms with Crippen molar-refractivity contribution in [2.45, 2.75) is 91.1 Å². The van der Waals surface area contributed by atoms with Gasteiger partial charge in [-0.25, -0.2) is 9.78 Å². The van der Waals surface area contributed by atoms with Crippen LogP contribution >= 0.6 is 11.3 Å². The summed E-state index contributed by atoms with van der Waals surface area (Å²) in [6.45, 7) is 6.92. The van der Waals surface area contributed by atoms with E-state index in [1.165, 1.54) is 30.6 Å². The van der Waals surface area contributed by atoms with Crippen LogP contribution in [0.3, 0.4) is 0 Å². The summed E-state index contributed by atoms with van der Waals surface area (Å²) in [7, 11) is 0. The van der Waals surface area contributed by atoms with Gasteiger partial charge in [-0.05, 0) is 32.6 Å². The molecule has 0 saturated heterocycles. The summed E-state index contributed by atoms with van der Waals surface area (Å²) in [6, 6.07) is 0.303. The molecule has 1 aromatic heterocycles. The first-order valence-electron chi connectivity index (χ1n) is 10.5. The summed E-state index contributed by atoms with van der Waals surface area (Å²) in [5, 5.41) is 2.56. The van der Waals surface area contributed by atoms with Gasteiger partial charge in [0.1, 0.15) is 5.01 Å². The number of esters is 1. The molecule has 1 aromatic rings. The summed E-state index contributed by atoms with van der Waals surface area (Å²) in [6.07, 6.45) is 9.83. The van der Waals surface area contributed by atoms with Crippen LogP contribution in [-0.4, -0.2) is 34.4 Å². The van der Waals surface area contributed by atoms with Gasteiger partial charge in [-0.3, -0.25) is 4.79 Å². The summed E-state index contributed by atoms with van der Waals surface area (Å²) in [5.74, 6) is -0.0213. The highest BCUT2D eigenvalue weighted by Crippen LogP contribution is 2.28. The Hall–Kier alpha value is -1.43. The van der Waals surface area contributed by atoms with Crippen molar-refractivity contribution in [2.75, 3.05) is 6.61 Å². The summed E-state index contributed by atoms with van der Waals surface area (Å²) < 4.78 is 5.03. The first-order valence-corrected chi connectivity index (χ1v) is 11.4. The normalized spacial score (nSPS) is 16.1. The molecular weight excluding hydrogens is 360 g/mol. The molecular formula is C21H34N2O3S. The third-order valence-corrected chi connectivity index (χ3v) is 6.22. The molecule has 2 rings (SSSR count). The Morgan fingerprint density at radius 3 is 2.63 bits per heavy atom. The minimum atomic E-state index is -0.384. The quantitative estimate of drug-likeness (QED) is 0.512. The highest BCUT2D eigenvalue weighted by atomic mass is 32.1. The smallest absolute Gasteiger partial charge is 0.357 e. The Bertz CT molecular complexity index is 596. The molecule has 152 valence electrons. The number of aromatic nitrogens is 1. The van der Waals surface area contributed by atoms with Crippen LogP contribution in [0.2, 0.25) is 0 Å². The van der Waals surface area contributed by atoms with E-state index >= 15 is 0 Å². The van der Waals surface area contributed by atoms with Crippen molar-refractivity contribution < 1.29 is 14.3 Å². The third-order valence-electron chi connectivity index (χ3n) is 5.39. The van der Waals surface area contributed by atoms with E-state index in [2.05, 4.69) is 23.7 Å². The molecule has 0 spiro atoms. The Morgan fingerprint density at radius 1 is 1.26 bits per heavy atom. The number of thiazole rings is 1. The van der Waals surface area contributed by atoms with Gasteiger partial charge in [0.05, 0.1) is 13.2 Å². The van der Waals surface area contributed by atoms with Crippen molar-refractivity contribution in [2.24, 2.45) is 5.92 Å². The molecule has 0 N–H and O–H groups in total. The molecule has 0 aromatic carbocycles. The van der Waals surface area contributed by atoms with Gasteiger partial charge in [-0.2, -0.15) is 0 Å². The predicted molar refractivity (Wildman–Crippen MR) is 109 cm³/mol. The molecule has 1 heterocycles. The minimum Gasteiger partial charge on any atom is -0.461 e. The molecule has 1 fully saturated rings. The first kappa shape index (κ1) is 21.9. The van der Waals surface area contributed by atoms with Crippen LogP contribution in [0.4, 0.5) is 0 Å². The van der Waals surface area contributed by atoms with Gasteiger partial charge in [0.25, 0.3) is 0 Å². The molecule has 1 amide bonds. The zero-order chi connectivity index (χ0) is 19.6. The molecule has 1 aliphatic carbocycles. The lowest BCUT2D eigenvalue weighted by Crippen LogP contribution is -2.44. The number of hydrogen-bond acceptors (Lipinski definition) is 5. The van der Waals surface area contributed by atoms with Crippen molar-refractivity contribution in [1.29, 1.82) is 0 Å². The van der Waals surface area contributed by atoms with E-state index in [9.17, 15) is 9.59 Å². The van der Waals surface area contributed by atoms with Crippen molar-refractivity contribution in [3.63, 3.8) is 0 Å². The van der Waals surface area contributed by atoms with Gasteiger partial charge >= 0.3 is 5.97 Å². The number of carbonyl (C=O) groups is 2. The molecule has 5 nitrogen and oxygen atoms in total. The van der Waals surface area contributed by atoms with E-state index in [0.29, 0.717) is 24.9 Å². The third kappa shape index (κ3) is 6.30. The van der Waals surface area contributed by atoms with Crippen molar-refractivity contribution >= 4 is 23.2 Å². The number of unbranched alkanes of at least 4 members (excludes halogenated alkanes) is 1. The van der Waals surface area contributed by atoms with E-state index in [1.807, 2.05) is 0 Å². The number of rotatable bonds is 10. The SMILES string of the molecule is CCCCC(CC)C(=O)N(Cc1nc(C(=O)OCC)cs1)C1CCCCC1. The van der Waals surface area contributed by atoms with Gasteiger partial charge in [-0.15, -0.1) is 11.3 Å². The number of carbonyl (C=O) groups excluding carboxylic acids is 2. The second-order valence-electron chi connectivity index (χ2n) is 7.35. The van der Waals surface area contributed by atoms with Crippen LogP contribution < -0.4 is 0 Å². The summed E-state index contributed by atoms with van der Waals surface area (Å²) in [5.41, 5.74) is 0.353. The van der Waals surface area contributed by atoms with E-state index in [0.717, 1.165) is 43.5 Å². The lowest BCUT2D eigenvalue weighted by molar-refractivity contribution is -0.139. The molecule has 0 bridgehead atoms. The molecule has 1 atom stereocenters. The Morgan fingerprint density at radius 2 is 2.00 bits per heavy atom. The Labute approximate surface area is 167 Å². The highest BCUT2D eigenvalue weighted by Gasteiger charge is 2.30. The molecule has 1 unspecified atom stereocenters. The van der Waals surface area contributed by atoms with Gasteiger partial charge in [0.2, 0.25) is 5.91 Å². The topological polar surface area (TPSA) is 59.5 Å². The van der Waals surface area contributed by atoms with Gasteiger partial charge in [0, 0.05) is 17.3 Å². The Kier molecular flexibility index (Phi) is 9.25. The highest BCUT2D eigenvalue weighted by molar-refractivity contribution is 7.09. The van der Waals surface area contributed by atoms with E-state index in [-0.39, 0.29) is 17.8 Å². The maximum Gasteiger partial charge on any atom is 0.357 e. The van der Waals surface area contributed by atoms with Crippen LogP contribution in [0.5, 0.6) is 0 Å². The second kappa shape index (κ2) is 11.4. The molecule has 6 heteroatoms. The van der Waals surface area contributed by atoms with Gasteiger partial charge in [-0.1, -0.05) is 46.0 Å². The number of ether oxygens (including phenoxy) is 1. The summed E-state index contributed by atoms with van der Waals surface area (Å²) in [4.78, 5) is 31.7. The van der Waals surface area contributed by atoms with Crippen LogP contribution in [0, 0.1) is 5.92 Å². The lowest BCUT2D eigenvalue weighted by Gasteiger charge is -2.36. The van der Waals surface area contributed by atoms with Gasteiger partial charge in [0.15, 0.2) is 5.69 Å². The van der Waals surface area contributed by atoms with Crippen LogP contribution in [-0.2, 0) is 16.1 Å². The fourth-order valence-electron chi connectivity index (χ4n) is 3.79.